The van der Waals surface area contributed by atoms with Crippen LogP contribution in [-0.4, -0.2) is 61.4 Å². The number of hydrogen-bond acceptors (Lipinski definition) is 3. The molecule has 1 aliphatic rings. The van der Waals surface area contributed by atoms with Crippen LogP contribution in [0.5, 0.6) is 0 Å². The fraction of sp³-hybridized carbons (Fsp3) is 0.300. The summed E-state index contributed by atoms with van der Waals surface area (Å²) in [5, 5.41) is 0.838. The molecular weight excluding hydrogens is 385 g/mol. The summed E-state index contributed by atoms with van der Waals surface area (Å²) in [5.74, 6) is -0.0804. The SMILES string of the molecule is CN(CC(=O)N1CCN(C(=O)c2ccc(Cl)cc2Cl)CC1)c1ccccc1. The molecule has 0 unspecified atom stereocenters. The van der Waals surface area contributed by atoms with Crippen molar-refractivity contribution in [2.45, 2.75) is 0 Å². The number of para-hydroxylation sites is 1. The number of carbonyl (C=O) groups excluding carboxylic acids is 2. The number of benzene rings is 2. The van der Waals surface area contributed by atoms with Gasteiger partial charge < -0.3 is 14.7 Å². The van der Waals surface area contributed by atoms with Crippen LogP contribution in [0, 0.1) is 0 Å². The van der Waals surface area contributed by atoms with E-state index in [1.165, 1.54) is 0 Å². The molecule has 1 aliphatic heterocycles. The van der Waals surface area contributed by atoms with Crippen molar-refractivity contribution in [1.29, 1.82) is 0 Å². The Balaban J connectivity index is 1.55. The second kappa shape index (κ2) is 8.63. The van der Waals surface area contributed by atoms with E-state index in [1.807, 2.05) is 42.3 Å². The molecule has 0 atom stereocenters. The molecule has 1 heterocycles. The molecule has 142 valence electrons. The molecule has 27 heavy (non-hydrogen) atoms. The van der Waals surface area contributed by atoms with Crippen LogP contribution in [0.3, 0.4) is 0 Å². The van der Waals surface area contributed by atoms with E-state index in [0.717, 1.165) is 5.69 Å². The van der Waals surface area contributed by atoms with E-state index in [0.29, 0.717) is 48.3 Å². The summed E-state index contributed by atoms with van der Waals surface area (Å²) in [6.45, 7) is 2.30. The van der Waals surface area contributed by atoms with E-state index in [9.17, 15) is 9.59 Å². The molecule has 3 rings (SSSR count). The Kier molecular flexibility index (Phi) is 6.24. The van der Waals surface area contributed by atoms with Gasteiger partial charge in [-0.15, -0.1) is 0 Å². The number of halogens is 2. The van der Waals surface area contributed by atoms with Crippen molar-refractivity contribution in [2.75, 3.05) is 44.7 Å². The Hall–Kier alpha value is -2.24. The van der Waals surface area contributed by atoms with Gasteiger partial charge in [0, 0.05) is 43.9 Å². The number of amides is 2. The van der Waals surface area contributed by atoms with E-state index >= 15 is 0 Å². The van der Waals surface area contributed by atoms with Gasteiger partial charge in [-0.1, -0.05) is 41.4 Å². The summed E-state index contributed by atoms with van der Waals surface area (Å²) in [6, 6.07) is 14.6. The smallest absolute Gasteiger partial charge is 0.255 e. The molecule has 5 nitrogen and oxygen atoms in total. The third-order valence-electron chi connectivity index (χ3n) is 4.65. The van der Waals surface area contributed by atoms with Crippen molar-refractivity contribution in [3.63, 3.8) is 0 Å². The average Bonchev–Trinajstić information content (AvgIpc) is 2.68. The second-order valence-electron chi connectivity index (χ2n) is 6.49. The first-order chi connectivity index (χ1) is 13.0. The minimum atomic E-state index is -0.134. The lowest BCUT2D eigenvalue weighted by molar-refractivity contribution is -0.131. The van der Waals surface area contributed by atoms with Crippen molar-refractivity contribution < 1.29 is 9.59 Å². The van der Waals surface area contributed by atoms with Crippen LogP contribution in [0.4, 0.5) is 5.69 Å². The van der Waals surface area contributed by atoms with Gasteiger partial charge in [0.2, 0.25) is 5.91 Å². The molecule has 0 saturated carbocycles. The Labute approximate surface area is 169 Å². The summed E-state index contributed by atoms with van der Waals surface area (Å²) in [6.07, 6.45) is 0. The molecular formula is C20H21Cl2N3O2. The monoisotopic (exact) mass is 405 g/mol. The standard InChI is InChI=1S/C20H21Cl2N3O2/c1-23(16-5-3-2-4-6-16)14-19(26)24-9-11-25(12-10-24)20(27)17-8-7-15(21)13-18(17)22/h2-8,13H,9-12,14H2,1H3. The molecule has 0 aliphatic carbocycles. The van der Waals surface area contributed by atoms with Crippen molar-refractivity contribution in [1.82, 2.24) is 9.80 Å². The maximum absolute atomic E-state index is 12.7. The van der Waals surface area contributed by atoms with Gasteiger partial charge in [-0.2, -0.15) is 0 Å². The first kappa shape index (κ1) is 19.5. The topological polar surface area (TPSA) is 43.9 Å². The summed E-state index contributed by atoms with van der Waals surface area (Å²) < 4.78 is 0. The van der Waals surface area contributed by atoms with Crippen molar-refractivity contribution >= 4 is 40.7 Å². The Morgan fingerprint density at radius 3 is 2.22 bits per heavy atom. The van der Waals surface area contributed by atoms with Gasteiger partial charge in [0.05, 0.1) is 17.1 Å². The number of piperazine rings is 1. The van der Waals surface area contributed by atoms with Gasteiger partial charge in [0.1, 0.15) is 0 Å². The first-order valence-corrected chi connectivity index (χ1v) is 9.49. The van der Waals surface area contributed by atoms with Crippen LogP contribution >= 0.6 is 23.2 Å². The van der Waals surface area contributed by atoms with Crippen LogP contribution in [0.2, 0.25) is 10.0 Å². The fourth-order valence-electron chi connectivity index (χ4n) is 3.07. The minimum absolute atomic E-state index is 0.0537. The third-order valence-corrected chi connectivity index (χ3v) is 5.20. The van der Waals surface area contributed by atoms with Gasteiger partial charge in [-0.05, 0) is 30.3 Å². The normalized spacial score (nSPS) is 14.2. The van der Waals surface area contributed by atoms with Gasteiger partial charge in [0.25, 0.3) is 5.91 Å². The lowest BCUT2D eigenvalue weighted by Gasteiger charge is -2.35. The zero-order valence-electron chi connectivity index (χ0n) is 15.1. The number of anilines is 1. The Bertz CT molecular complexity index is 821. The zero-order valence-corrected chi connectivity index (χ0v) is 16.6. The molecule has 2 aromatic carbocycles. The van der Waals surface area contributed by atoms with E-state index < -0.39 is 0 Å². The quantitative estimate of drug-likeness (QED) is 0.782. The predicted octanol–water partition coefficient (Wildman–Crippen LogP) is 3.41. The predicted molar refractivity (Wildman–Crippen MR) is 109 cm³/mol. The number of rotatable bonds is 4. The van der Waals surface area contributed by atoms with Gasteiger partial charge in [0.15, 0.2) is 0 Å². The fourth-order valence-corrected chi connectivity index (χ4v) is 3.56. The molecule has 1 saturated heterocycles. The summed E-state index contributed by atoms with van der Waals surface area (Å²) in [4.78, 5) is 30.7. The minimum Gasteiger partial charge on any atom is -0.365 e. The van der Waals surface area contributed by atoms with Crippen molar-refractivity contribution in [2.24, 2.45) is 0 Å². The highest BCUT2D eigenvalue weighted by atomic mass is 35.5. The molecule has 1 fully saturated rings. The van der Waals surface area contributed by atoms with Crippen LogP contribution < -0.4 is 4.90 Å². The molecule has 7 heteroatoms. The summed E-state index contributed by atoms with van der Waals surface area (Å²) in [7, 11) is 1.90. The van der Waals surface area contributed by atoms with E-state index in [-0.39, 0.29) is 11.8 Å². The van der Waals surface area contributed by atoms with Gasteiger partial charge >= 0.3 is 0 Å². The van der Waals surface area contributed by atoms with Crippen molar-refractivity contribution in [3.05, 3.63) is 64.1 Å². The van der Waals surface area contributed by atoms with Gasteiger partial charge in [-0.25, -0.2) is 0 Å². The third kappa shape index (κ3) is 4.73. The molecule has 0 aromatic heterocycles. The number of nitrogens with zero attached hydrogens (tertiary/aromatic N) is 3. The summed E-state index contributed by atoms with van der Waals surface area (Å²) in [5.41, 5.74) is 1.43. The van der Waals surface area contributed by atoms with Crippen LogP contribution in [0.1, 0.15) is 10.4 Å². The number of likely N-dealkylation sites (N-methyl/N-ethyl adjacent to an activating group) is 1. The Morgan fingerprint density at radius 1 is 0.963 bits per heavy atom. The molecule has 2 aromatic rings. The lowest BCUT2D eigenvalue weighted by atomic mass is 10.1. The molecule has 2 amide bonds. The van der Waals surface area contributed by atoms with E-state index in [1.54, 1.807) is 28.0 Å². The number of hydrogen-bond donors (Lipinski definition) is 0. The average molecular weight is 406 g/mol. The zero-order chi connectivity index (χ0) is 19.4. The van der Waals surface area contributed by atoms with Gasteiger partial charge in [-0.3, -0.25) is 9.59 Å². The molecule has 0 bridgehead atoms. The molecule has 0 radical (unpaired) electrons. The second-order valence-corrected chi connectivity index (χ2v) is 7.33. The lowest BCUT2D eigenvalue weighted by Crippen LogP contribution is -2.52. The highest BCUT2D eigenvalue weighted by Gasteiger charge is 2.26. The van der Waals surface area contributed by atoms with E-state index in [2.05, 4.69) is 0 Å². The van der Waals surface area contributed by atoms with Crippen LogP contribution in [-0.2, 0) is 4.79 Å². The Morgan fingerprint density at radius 2 is 1.59 bits per heavy atom. The largest absolute Gasteiger partial charge is 0.365 e. The first-order valence-electron chi connectivity index (χ1n) is 8.74. The maximum atomic E-state index is 12.7. The van der Waals surface area contributed by atoms with Crippen LogP contribution in [0.25, 0.3) is 0 Å². The van der Waals surface area contributed by atoms with Crippen LogP contribution in [0.15, 0.2) is 48.5 Å². The molecule has 0 spiro atoms. The van der Waals surface area contributed by atoms with Crippen molar-refractivity contribution in [3.8, 4) is 0 Å². The molecule has 0 N–H and O–H groups in total. The van der Waals surface area contributed by atoms with E-state index in [4.69, 9.17) is 23.2 Å². The number of carbonyl (C=O) groups is 2. The summed E-state index contributed by atoms with van der Waals surface area (Å²) >= 11 is 12.0. The highest BCUT2D eigenvalue weighted by Crippen LogP contribution is 2.23. The highest BCUT2D eigenvalue weighted by molar-refractivity contribution is 6.36. The maximum Gasteiger partial charge on any atom is 0.255 e.